The van der Waals surface area contributed by atoms with Gasteiger partial charge in [0.05, 0.1) is 0 Å². The number of guanidine groups is 2. The molecule has 1 aromatic rings. The Balaban J connectivity index is 2.46. The van der Waals surface area contributed by atoms with Gasteiger partial charge in [0.25, 0.3) is 0 Å². The molecule has 1 atom stereocenters. The van der Waals surface area contributed by atoms with Crippen molar-refractivity contribution in [2.45, 2.75) is 53.0 Å². The van der Waals surface area contributed by atoms with Crippen molar-refractivity contribution in [1.82, 2.24) is 4.90 Å². The number of rotatable bonds is 4. The quantitative estimate of drug-likeness (QED) is 0.889. The van der Waals surface area contributed by atoms with Crippen molar-refractivity contribution < 1.29 is 0 Å². The molecule has 0 saturated carbocycles. The predicted octanol–water partition coefficient (Wildman–Crippen LogP) is 1.85. The zero-order valence-corrected chi connectivity index (χ0v) is 14.0. The summed E-state index contributed by atoms with van der Waals surface area (Å²) in [5, 5.41) is 0. The fraction of sp³-hybridized carbons (Fsp3) is 0.500. The summed E-state index contributed by atoms with van der Waals surface area (Å²) in [5.74, 6) is 0.627. The first-order valence-electron chi connectivity index (χ1n) is 7.62. The molecule has 0 aliphatic carbocycles. The van der Waals surface area contributed by atoms with Crippen LogP contribution in [0.2, 0.25) is 0 Å². The van der Waals surface area contributed by atoms with Gasteiger partial charge in [0.15, 0.2) is 0 Å². The number of hydrogen-bond acceptors (Lipinski definition) is 6. The fourth-order valence-electron chi connectivity index (χ4n) is 2.65. The molecule has 120 valence electrons. The third kappa shape index (κ3) is 3.16. The first kappa shape index (κ1) is 16.1. The standard InChI is InChI=1S/C16H26N6/c1-10(2)21(13-8-6-12(5)7-9-13)16-20-14(17)19-15(18)22(16)11(3)4/h6-11,16H,1-5H3,(H4,17,18,19,20). The van der Waals surface area contributed by atoms with Crippen LogP contribution in [0.25, 0.3) is 0 Å². The zero-order valence-electron chi connectivity index (χ0n) is 14.0. The molecule has 0 aromatic heterocycles. The van der Waals surface area contributed by atoms with E-state index in [-0.39, 0.29) is 24.3 Å². The SMILES string of the molecule is Cc1ccc(N(C(C)C)C2N=C(N)N=C(N)N2C(C)C)cc1. The molecular formula is C16H26N6. The predicted molar refractivity (Wildman–Crippen MR) is 92.8 cm³/mol. The van der Waals surface area contributed by atoms with Crippen LogP contribution in [0.4, 0.5) is 5.69 Å². The van der Waals surface area contributed by atoms with Gasteiger partial charge in [-0.2, -0.15) is 4.99 Å². The van der Waals surface area contributed by atoms with Gasteiger partial charge in [-0.1, -0.05) is 17.7 Å². The van der Waals surface area contributed by atoms with E-state index in [1.54, 1.807) is 0 Å². The third-order valence-corrected chi connectivity index (χ3v) is 3.68. The third-order valence-electron chi connectivity index (χ3n) is 3.68. The largest absolute Gasteiger partial charge is 0.369 e. The van der Waals surface area contributed by atoms with Crippen LogP contribution < -0.4 is 16.4 Å². The lowest BCUT2D eigenvalue weighted by Crippen LogP contribution is -2.59. The van der Waals surface area contributed by atoms with E-state index in [2.05, 4.69) is 73.8 Å². The van der Waals surface area contributed by atoms with Gasteiger partial charge in [-0.25, -0.2) is 4.99 Å². The molecule has 1 aliphatic heterocycles. The van der Waals surface area contributed by atoms with Gasteiger partial charge >= 0.3 is 0 Å². The molecule has 1 unspecified atom stereocenters. The Morgan fingerprint density at radius 1 is 1.09 bits per heavy atom. The first-order chi connectivity index (χ1) is 10.3. The van der Waals surface area contributed by atoms with Gasteiger partial charge in [-0.3, -0.25) is 0 Å². The molecule has 0 saturated heterocycles. The number of nitrogens with zero attached hydrogens (tertiary/aromatic N) is 4. The van der Waals surface area contributed by atoms with Crippen LogP contribution in [-0.2, 0) is 0 Å². The molecule has 22 heavy (non-hydrogen) atoms. The minimum absolute atomic E-state index is 0.164. The second-order valence-electron chi connectivity index (χ2n) is 6.14. The minimum atomic E-state index is -0.291. The van der Waals surface area contributed by atoms with Crippen molar-refractivity contribution in [3.8, 4) is 0 Å². The highest BCUT2D eigenvalue weighted by Crippen LogP contribution is 2.25. The molecule has 0 fully saturated rings. The summed E-state index contributed by atoms with van der Waals surface area (Å²) in [6.45, 7) is 10.5. The molecule has 0 bridgehead atoms. The fourth-order valence-corrected chi connectivity index (χ4v) is 2.65. The van der Waals surface area contributed by atoms with Crippen LogP contribution >= 0.6 is 0 Å². The Labute approximate surface area is 132 Å². The lowest BCUT2D eigenvalue weighted by atomic mass is 10.2. The number of hydrogen-bond donors (Lipinski definition) is 2. The molecule has 1 aliphatic rings. The van der Waals surface area contributed by atoms with Gasteiger partial charge in [0.1, 0.15) is 0 Å². The van der Waals surface area contributed by atoms with Crippen LogP contribution in [0.3, 0.4) is 0 Å². The number of aryl methyl sites for hydroxylation is 1. The first-order valence-corrected chi connectivity index (χ1v) is 7.62. The Bertz CT molecular complexity index is 573. The topological polar surface area (TPSA) is 83.2 Å². The van der Waals surface area contributed by atoms with Crippen molar-refractivity contribution in [2.75, 3.05) is 4.90 Å². The molecule has 1 heterocycles. The van der Waals surface area contributed by atoms with E-state index in [1.165, 1.54) is 5.56 Å². The minimum Gasteiger partial charge on any atom is -0.369 e. The zero-order chi connectivity index (χ0) is 16.4. The number of nitrogens with two attached hydrogens (primary N) is 2. The van der Waals surface area contributed by atoms with E-state index in [0.29, 0.717) is 5.96 Å². The van der Waals surface area contributed by atoms with Crippen LogP contribution in [0.1, 0.15) is 33.3 Å². The maximum absolute atomic E-state index is 6.09. The molecule has 6 heteroatoms. The summed E-state index contributed by atoms with van der Waals surface area (Å²) < 4.78 is 0. The molecule has 2 rings (SSSR count). The molecule has 0 spiro atoms. The molecular weight excluding hydrogens is 276 g/mol. The maximum atomic E-state index is 6.09. The van der Waals surface area contributed by atoms with E-state index in [1.807, 2.05) is 4.90 Å². The lowest BCUT2D eigenvalue weighted by Gasteiger charge is -2.44. The van der Waals surface area contributed by atoms with Crippen LogP contribution in [0, 0.1) is 6.92 Å². The van der Waals surface area contributed by atoms with Crippen molar-refractivity contribution in [1.29, 1.82) is 0 Å². The number of aliphatic imine (C=N–C) groups is 2. The van der Waals surface area contributed by atoms with E-state index in [9.17, 15) is 0 Å². The average Bonchev–Trinajstić information content (AvgIpc) is 2.39. The van der Waals surface area contributed by atoms with Gasteiger partial charge in [0.2, 0.25) is 18.2 Å². The maximum Gasteiger partial charge on any atom is 0.222 e. The average molecular weight is 302 g/mol. The molecule has 4 N–H and O–H groups in total. The van der Waals surface area contributed by atoms with Crippen molar-refractivity contribution in [2.24, 2.45) is 21.5 Å². The summed E-state index contributed by atoms with van der Waals surface area (Å²) in [7, 11) is 0. The highest BCUT2D eigenvalue weighted by atomic mass is 15.5. The summed E-state index contributed by atoms with van der Waals surface area (Å²) in [4.78, 5) is 12.8. The second-order valence-corrected chi connectivity index (χ2v) is 6.14. The summed E-state index contributed by atoms with van der Waals surface area (Å²) in [5.41, 5.74) is 14.2. The van der Waals surface area contributed by atoms with Crippen LogP contribution in [0.15, 0.2) is 34.3 Å². The van der Waals surface area contributed by atoms with Gasteiger partial charge < -0.3 is 21.3 Å². The van der Waals surface area contributed by atoms with Crippen molar-refractivity contribution in [3.63, 3.8) is 0 Å². The summed E-state index contributed by atoms with van der Waals surface area (Å²) >= 11 is 0. The molecule has 6 nitrogen and oxygen atoms in total. The van der Waals surface area contributed by atoms with Crippen LogP contribution in [0.5, 0.6) is 0 Å². The van der Waals surface area contributed by atoms with Crippen molar-refractivity contribution in [3.05, 3.63) is 29.8 Å². The second kappa shape index (κ2) is 6.25. The molecule has 0 amide bonds. The lowest BCUT2D eigenvalue weighted by molar-refractivity contribution is 0.243. The highest BCUT2D eigenvalue weighted by Gasteiger charge is 2.33. The van der Waals surface area contributed by atoms with E-state index in [0.717, 1.165) is 5.69 Å². The summed E-state index contributed by atoms with van der Waals surface area (Å²) in [6, 6.07) is 8.78. The Morgan fingerprint density at radius 2 is 1.68 bits per heavy atom. The Morgan fingerprint density at radius 3 is 2.18 bits per heavy atom. The van der Waals surface area contributed by atoms with E-state index < -0.39 is 0 Å². The monoisotopic (exact) mass is 302 g/mol. The van der Waals surface area contributed by atoms with Gasteiger partial charge in [0, 0.05) is 17.8 Å². The van der Waals surface area contributed by atoms with Crippen molar-refractivity contribution >= 4 is 17.6 Å². The number of anilines is 1. The normalized spacial score (nSPS) is 18.5. The smallest absolute Gasteiger partial charge is 0.222 e. The Kier molecular flexibility index (Phi) is 4.59. The highest BCUT2D eigenvalue weighted by molar-refractivity contribution is 5.95. The number of benzene rings is 1. The molecule has 1 aromatic carbocycles. The van der Waals surface area contributed by atoms with Gasteiger partial charge in [-0.05, 0) is 46.8 Å². The van der Waals surface area contributed by atoms with Gasteiger partial charge in [-0.15, -0.1) is 0 Å². The molecule has 0 radical (unpaired) electrons. The van der Waals surface area contributed by atoms with E-state index in [4.69, 9.17) is 11.5 Å². The van der Waals surface area contributed by atoms with E-state index >= 15 is 0 Å². The van der Waals surface area contributed by atoms with Crippen LogP contribution in [-0.4, -0.2) is 35.2 Å². The Hall–Kier alpha value is -2.24. The summed E-state index contributed by atoms with van der Waals surface area (Å²) in [6.07, 6.45) is -0.291.